The van der Waals surface area contributed by atoms with Crippen LogP contribution in [0.1, 0.15) is 48.4 Å². The predicted octanol–water partition coefficient (Wildman–Crippen LogP) is 4.49. The van der Waals surface area contributed by atoms with Gasteiger partial charge in [-0.1, -0.05) is 56.3 Å². The van der Waals surface area contributed by atoms with Crippen molar-refractivity contribution < 1.29 is 19.1 Å². The Labute approximate surface area is 210 Å². The molecule has 2 aromatic carbocycles. The van der Waals surface area contributed by atoms with E-state index < -0.39 is 11.5 Å². The zero-order chi connectivity index (χ0) is 25.8. The van der Waals surface area contributed by atoms with Gasteiger partial charge in [0.25, 0.3) is 0 Å². The minimum atomic E-state index is -0.657. The van der Waals surface area contributed by atoms with E-state index in [1.54, 1.807) is 68.4 Å². The number of benzene rings is 2. The maximum absolute atomic E-state index is 13.7. The second kappa shape index (κ2) is 10.9. The third-order valence-corrected chi connectivity index (χ3v) is 6.49. The summed E-state index contributed by atoms with van der Waals surface area (Å²) in [5, 5.41) is 8.26. The van der Waals surface area contributed by atoms with Gasteiger partial charge in [-0.25, -0.2) is 4.68 Å². The summed E-state index contributed by atoms with van der Waals surface area (Å²) < 4.78 is 12.4. The van der Waals surface area contributed by atoms with Crippen molar-refractivity contribution in [1.29, 1.82) is 0 Å². The van der Waals surface area contributed by atoms with Gasteiger partial charge in [0.2, 0.25) is 11.7 Å². The second-order valence-electron chi connectivity index (χ2n) is 9.26. The molecule has 0 aliphatic heterocycles. The highest BCUT2D eigenvalue weighted by atomic mass is 32.2. The number of thioether (sulfide) groups is 1. The normalized spacial score (nSPS) is 12.2. The maximum atomic E-state index is 13.7. The van der Waals surface area contributed by atoms with E-state index in [1.165, 1.54) is 4.68 Å². The number of nitrogens with zero attached hydrogens (tertiary/aromatic N) is 4. The van der Waals surface area contributed by atoms with Gasteiger partial charge < -0.3 is 14.4 Å². The molecule has 1 amide bonds. The van der Waals surface area contributed by atoms with Gasteiger partial charge in [-0.3, -0.25) is 9.59 Å². The molecule has 1 atom stereocenters. The fourth-order valence-corrected chi connectivity index (χ4v) is 4.49. The van der Waals surface area contributed by atoms with E-state index in [-0.39, 0.29) is 17.4 Å². The van der Waals surface area contributed by atoms with Gasteiger partial charge >= 0.3 is 0 Å². The van der Waals surface area contributed by atoms with Gasteiger partial charge in [-0.15, -0.1) is 16.9 Å². The zero-order valence-corrected chi connectivity index (χ0v) is 22.0. The van der Waals surface area contributed by atoms with E-state index in [9.17, 15) is 9.59 Å². The first-order chi connectivity index (χ1) is 16.6. The first-order valence-electron chi connectivity index (χ1n) is 11.2. The van der Waals surface area contributed by atoms with E-state index in [0.717, 1.165) is 10.5 Å². The topological polar surface area (TPSA) is 86.6 Å². The molecule has 35 heavy (non-hydrogen) atoms. The summed E-state index contributed by atoms with van der Waals surface area (Å²) in [5.74, 6) is 0.873. The summed E-state index contributed by atoms with van der Waals surface area (Å²) in [4.78, 5) is 29.2. The summed E-state index contributed by atoms with van der Waals surface area (Å²) in [7, 11) is 4.94. The first-order valence-corrected chi connectivity index (χ1v) is 12.4. The average Bonchev–Trinajstić information content (AvgIpc) is 3.32. The lowest BCUT2D eigenvalue weighted by molar-refractivity contribution is -0.137. The molecule has 0 fully saturated rings. The monoisotopic (exact) mass is 496 g/mol. The number of methoxy groups -OCH3 is 2. The number of amides is 1. The van der Waals surface area contributed by atoms with Crippen LogP contribution in [0.4, 0.5) is 0 Å². The Morgan fingerprint density at radius 3 is 2.29 bits per heavy atom. The standard InChI is InChI=1S/C26H32N4O4S/c1-26(2,3)24(30-16-19(27-28-30)23(31)17-11-9-8-10-12-17)25(32)29(4)15-18-13-20(33-5)21(34-6)14-22(18)35-7/h8-14,16,24H,15H2,1-7H3. The average molecular weight is 497 g/mol. The molecular weight excluding hydrogens is 464 g/mol. The van der Waals surface area contributed by atoms with Crippen LogP contribution < -0.4 is 9.47 Å². The summed E-state index contributed by atoms with van der Waals surface area (Å²) in [5.41, 5.74) is 1.18. The van der Waals surface area contributed by atoms with Crippen LogP contribution in [0.15, 0.2) is 53.6 Å². The third-order valence-electron chi connectivity index (χ3n) is 5.67. The van der Waals surface area contributed by atoms with Crippen LogP contribution in [0.3, 0.4) is 0 Å². The summed E-state index contributed by atoms with van der Waals surface area (Å²) in [6.07, 6.45) is 3.53. The quantitative estimate of drug-likeness (QED) is 0.319. The van der Waals surface area contributed by atoms with Crippen molar-refractivity contribution in [2.45, 2.75) is 38.3 Å². The molecule has 0 radical (unpaired) electrons. The predicted molar refractivity (Wildman–Crippen MR) is 136 cm³/mol. The van der Waals surface area contributed by atoms with Gasteiger partial charge in [0.05, 0.1) is 20.4 Å². The smallest absolute Gasteiger partial charge is 0.248 e. The molecule has 3 aromatic rings. The number of rotatable bonds is 9. The Morgan fingerprint density at radius 2 is 1.71 bits per heavy atom. The Balaban J connectivity index is 1.89. The number of carbonyl (C=O) groups excluding carboxylic acids is 2. The number of ketones is 1. The van der Waals surface area contributed by atoms with E-state index in [2.05, 4.69) is 10.3 Å². The second-order valence-corrected chi connectivity index (χ2v) is 10.1. The van der Waals surface area contributed by atoms with Crippen molar-refractivity contribution in [3.63, 3.8) is 0 Å². The highest BCUT2D eigenvalue weighted by Crippen LogP contribution is 2.36. The number of aromatic nitrogens is 3. The molecule has 1 unspecified atom stereocenters. The van der Waals surface area contributed by atoms with Crippen molar-refractivity contribution >= 4 is 23.5 Å². The molecule has 0 bridgehead atoms. The van der Waals surface area contributed by atoms with Crippen LogP contribution in [-0.2, 0) is 11.3 Å². The molecule has 0 spiro atoms. The Morgan fingerprint density at radius 1 is 1.09 bits per heavy atom. The van der Waals surface area contributed by atoms with Gasteiger partial charge in [0, 0.05) is 24.1 Å². The van der Waals surface area contributed by atoms with Crippen molar-refractivity contribution in [3.05, 3.63) is 65.5 Å². The number of likely N-dealkylation sites (N-methyl/N-ethyl adjacent to an activating group) is 1. The van der Waals surface area contributed by atoms with Crippen molar-refractivity contribution in [2.24, 2.45) is 5.41 Å². The van der Waals surface area contributed by atoms with Crippen LogP contribution in [-0.4, -0.2) is 59.1 Å². The molecule has 3 rings (SSSR count). The molecule has 1 aromatic heterocycles. The highest BCUT2D eigenvalue weighted by Gasteiger charge is 2.36. The van der Waals surface area contributed by atoms with Crippen LogP contribution >= 0.6 is 11.8 Å². The summed E-state index contributed by atoms with van der Waals surface area (Å²) >= 11 is 1.57. The van der Waals surface area contributed by atoms with E-state index in [1.807, 2.05) is 45.2 Å². The lowest BCUT2D eigenvalue weighted by Crippen LogP contribution is -2.41. The van der Waals surface area contributed by atoms with E-state index in [0.29, 0.717) is 23.6 Å². The molecular formula is C26H32N4O4S. The molecule has 8 nitrogen and oxygen atoms in total. The van der Waals surface area contributed by atoms with Crippen molar-refractivity contribution in [3.8, 4) is 11.5 Å². The zero-order valence-electron chi connectivity index (χ0n) is 21.2. The van der Waals surface area contributed by atoms with Gasteiger partial charge in [-0.05, 0) is 29.4 Å². The molecule has 186 valence electrons. The van der Waals surface area contributed by atoms with Gasteiger partial charge in [-0.2, -0.15) is 0 Å². The lowest BCUT2D eigenvalue weighted by atomic mass is 9.86. The maximum Gasteiger partial charge on any atom is 0.248 e. The third kappa shape index (κ3) is 5.85. The Hall–Kier alpha value is -3.33. The molecule has 9 heteroatoms. The number of carbonyl (C=O) groups is 2. The van der Waals surface area contributed by atoms with Crippen molar-refractivity contribution in [1.82, 2.24) is 19.9 Å². The Bertz CT molecular complexity index is 1190. The van der Waals surface area contributed by atoms with Crippen LogP contribution in [0, 0.1) is 5.41 Å². The fraction of sp³-hybridized carbons (Fsp3) is 0.385. The molecule has 0 aliphatic rings. The summed E-state index contributed by atoms with van der Waals surface area (Å²) in [6, 6.07) is 12.1. The SMILES string of the molecule is COc1cc(CN(C)C(=O)C(n2cc(C(=O)c3ccccc3)nn2)C(C)(C)C)c(SC)cc1OC. The van der Waals surface area contributed by atoms with Crippen LogP contribution in [0.5, 0.6) is 11.5 Å². The molecule has 1 heterocycles. The van der Waals surface area contributed by atoms with Gasteiger partial charge in [0.15, 0.2) is 17.2 Å². The molecule has 0 saturated heterocycles. The highest BCUT2D eigenvalue weighted by molar-refractivity contribution is 7.98. The first kappa shape index (κ1) is 26.3. The Kier molecular flexibility index (Phi) is 8.22. The van der Waals surface area contributed by atoms with E-state index in [4.69, 9.17) is 9.47 Å². The minimum Gasteiger partial charge on any atom is -0.493 e. The summed E-state index contributed by atoms with van der Waals surface area (Å²) in [6.45, 7) is 6.26. The number of ether oxygens (including phenoxy) is 2. The lowest BCUT2D eigenvalue weighted by Gasteiger charge is -2.33. The van der Waals surface area contributed by atoms with Crippen molar-refractivity contribution in [2.75, 3.05) is 27.5 Å². The minimum absolute atomic E-state index is 0.136. The van der Waals surface area contributed by atoms with Crippen LogP contribution in [0.2, 0.25) is 0 Å². The molecule has 0 saturated carbocycles. The molecule has 0 N–H and O–H groups in total. The van der Waals surface area contributed by atoms with Gasteiger partial charge in [0.1, 0.15) is 6.04 Å². The number of hydrogen-bond acceptors (Lipinski definition) is 7. The largest absolute Gasteiger partial charge is 0.493 e. The number of hydrogen-bond donors (Lipinski definition) is 0. The van der Waals surface area contributed by atoms with E-state index >= 15 is 0 Å². The van der Waals surface area contributed by atoms with Crippen LogP contribution in [0.25, 0.3) is 0 Å². The molecule has 0 aliphatic carbocycles. The fourth-order valence-electron chi connectivity index (χ4n) is 3.88.